The zero-order chi connectivity index (χ0) is 16.2. The Balaban J connectivity index is 1.96. The zero-order valence-corrected chi connectivity index (χ0v) is 12.9. The van der Waals surface area contributed by atoms with Crippen LogP contribution in [0.2, 0.25) is 0 Å². The number of aliphatic hydroxyl groups excluding tert-OH is 1. The highest BCUT2D eigenvalue weighted by Crippen LogP contribution is 2.25. The summed E-state index contributed by atoms with van der Waals surface area (Å²) in [7, 11) is 3.45. The number of ether oxygens (including phenoxy) is 1. The minimum Gasteiger partial charge on any atom is -0.497 e. The Morgan fingerprint density at radius 2 is 2.00 bits per heavy atom. The van der Waals surface area contributed by atoms with Gasteiger partial charge in [0.1, 0.15) is 11.6 Å². The second-order valence-electron chi connectivity index (χ2n) is 4.91. The third-order valence-electron chi connectivity index (χ3n) is 3.34. The van der Waals surface area contributed by atoms with Crippen molar-refractivity contribution in [1.29, 1.82) is 0 Å². The number of hydrogen-bond donors (Lipinski definition) is 3. The Labute approximate surface area is 133 Å². The van der Waals surface area contributed by atoms with E-state index in [9.17, 15) is 0 Å². The van der Waals surface area contributed by atoms with Crippen molar-refractivity contribution in [3.05, 3.63) is 30.5 Å². The summed E-state index contributed by atoms with van der Waals surface area (Å²) in [6, 6.07) is 7.55. The van der Waals surface area contributed by atoms with E-state index in [-0.39, 0.29) is 6.61 Å². The summed E-state index contributed by atoms with van der Waals surface area (Å²) < 4.78 is 6.84. The molecule has 2 aromatic heterocycles. The molecule has 0 radical (unpaired) electrons. The molecular formula is C15H18N6O2. The van der Waals surface area contributed by atoms with E-state index in [1.54, 1.807) is 18.0 Å². The zero-order valence-electron chi connectivity index (χ0n) is 12.9. The lowest BCUT2D eigenvalue weighted by molar-refractivity contribution is 0.311. The van der Waals surface area contributed by atoms with Crippen molar-refractivity contribution in [2.24, 2.45) is 7.05 Å². The number of hydrogen-bond acceptors (Lipinski definition) is 7. The lowest BCUT2D eigenvalue weighted by Crippen LogP contribution is -2.10. The van der Waals surface area contributed by atoms with Crippen LogP contribution in [-0.4, -0.2) is 45.1 Å². The topological polar surface area (TPSA) is 97.1 Å². The molecular weight excluding hydrogens is 296 g/mol. The monoisotopic (exact) mass is 314 g/mol. The highest BCUT2D eigenvalue weighted by atomic mass is 16.5. The first kappa shape index (κ1) is 15.0. The average Bonchev–Trinajstić information content (AvgIpc) is 2.95. The Morgan fingerprint density at radius 3 is 2.70 bits per heavy atom. The first-order valence-corrected chi connectivity index (χ1v) is 7.17. The van der Waals surface area contributed by atoms with Gasteiger partial charge in [-0.25, -0.2) is 0 Å². The second-order valence-corrected chi connectivity index (χ2v) is 4.91. The lowest BCUT2D eigenvalue weighted by Gasteiger charge is -2.10. The second kappa shape index (κ2) is 6.49. The van der Waals surface area contributed by atoms with E-state index in [1.807, 2.05) is 31.3 Å². The van der Waals surface area contributed by atoms with Crippen LogP contribution < -0.4 is 15.4 Å². The van der Waals surface area contributed by atoms with Gasteiger partial charge in [0.15, 0.2) is 5.65 Å². The molecule has 120 valence electrons. The van der Waals surface area contributed by atoms with E-state index in [0.717, 1.165) is 16.8 Å². The maximum absolute atomic E-state index is 8.95. The molecule has 23 heavy (non-hydrogen) atoms. The first-order valence-electron chi connectivity index (χ1n) is 7.17. The summed E-state index contributed by atoms with van der Waals surface area (Å²) in [6.07, 6.45) is 1.72. The first-order chi connectivity index (χ1) is 11.2. The SMILES string of the molecule is COc1ccc(Nc2nc(NCCO)nc3c2cnn3C)cc1. The predicted octanol–water partition coefficient (Wildman–Crippen LogP) is 1.52. The molecule has 3 aromatic rings. The molecule has 8 heteroatoms. The van der Waals surface area contributed by atoms with E-state index in [2.05, 4.69) is 25.7 Å². The summed E-state index contributed by atoms with van der Waals surface area (Å²) in [5.74, 6) is 1.87. The Morgan fingerprint density at radius 1 is 1.22 bits per heavy atom. The highest BCUT2D eigenvalue weighted by molar-refractivity contribution is 5.89. The lowest BCUT2D eigenvalue weighted by atomic mass is 10.3. The molecule has 0 aliphatic rings. The number of aromatic nitrogens is 4. The summed E-state index contributed by atoms with van der Waals surface area (Å²) in [6.45, 7) is 0.388. The van der Waals surface area contributed by atoms with Crippen LogP contribution in [0.3, 0.4) is 0 Å². The number of methoxy groups -OCH3 is 1. The average molecular weight is 314 g/mol. The quantitative estimate of drug-likeness (QED) is 0.634. The van der Waals surface area contributed by atoms with E-state index in [1.165, 1.54) is 0 Å². The van der Waals surface area contributed by atoms with Crippen LogP contribution in [-0.2, 0) is 7.05 Å². The standard InChI is InChI=1S/C15H18N6O2/c1-21-14-12(9-17-21)13(19-15(20-14)16-7-8-22)18-10-3-5-11(23-2)6-4-10/h3-6,9,22H,7-8H2,1-2H3,(H2,16,18,19,20). The van der Waals surface area contributed by atoms with Gasteiger partial charge in [0.25, 0.3) is 0 Å². The van der Waals surface area contributed by atoms with Crippen LogP contribution in [0.5, 0.6) is 5.75 Å². The largest absolute Gasteiger partial charge is 0.497 e. The minimum atomic E-state index is 0.00796. The Bertz CT molecular complexity index is 800. The number of fused-ring (bicyclic) bond motifs is 1. The van der Waals surface area contributed by atoms with Crippen LogP contribution in [0, 0.1) is 0 Å². The van der Waals surface area contributed by atoms with Gasteiger partial charge in [0.2, 0.25) is 5.95 Å². The third kappa shape index (κ3) is 3.16. The molecule has 0 amide bonds. The van der Waals surface area contributed by atoms with Crippen molar-refractivity contribution >= 4 is 28.5 Å². The van der Waals surface area contributed by atoms with Gasteiger partial charge in [0, 0.05) is 19.3 Å². The van der Waals surface area contributed by atoms with Gasteiger partial charge in [-0.1, -0.05) is 0 Å². The van der Waals surface area contributed by atoms with E-state index < -0.39 is 0 Å². The van der Waals surface area contributed by atoms with Crippen LogP contribution in [0.15, 0.2) is 30.5 Å². The normalized spacial score (nSPS) is 10.7. The minimum absolute atomic E-state index is 0.00796. The van der Waals surface area contributed by atoms with Gasteiger partial charge in [-0.2, -0.15) is 15.1 Å². The summed E-state index contributed by atoms with van der Waals surface area (Å²) >= 11 is 0. The maximum atomic E-state index is 8.95. The number of rotatable bonds is 6. The number of aliphatic hydroxyl groups is 1. The predicted molar refractivity (Wildman–Crippen MR) is 88.2 cm³/mol. The van der Waals surface area contributed by atoms with Gasteiger partial charge < -0.3 is 20.5 Å². The van der Waals surface area contributed by atoms with Crippen molar-refractivity contribution < 1.29 is 9.84 Å². The van der Waals surface area contributed by atoms with Gasteiger partial charge in [-0.15, -0.1) is 0 Å². The van der Waals surface area contributed by atoms with Gasteiger partial charge >= 0.3 is 0 Å². The molecule has 0 aliphatic carbocycles. The molecule has 1 aromatic carbocycles. The van der Waals surface area contributed by atoms with E-state index in [0.29, 0.717) is 24.0 Å². The number of nitrogens with zero attached hydrogens (tertiary/aromatic N) is 4. The molecule has 3 N–H and O–H groups in total. The molecule has 0 unspecified atom stereocenters. The van der Waals surface area contributed by atoms with Gasteiger partial charge in [0.05, 0.1) is 25.3 Å². The molecule has 0 aliphatic heterocycles. The van der Waals surface area contributed by atoms with Gasteiger partial charge in [-0.3, -0.25) is 4.68 Å². The summed E-state index contributed by atoms with van der Waals surface area (Å²) in [5, 5.41) is 20.2. The van der Waals surface area contributed by atoms with E-state index in [4.69, 9.17) is 9.84 Å². The van der Waals surface area contributed by atoms with Gasteiger partial charge in [-0.05, 0) is 24.3 Å². The maximum Gasteiger partial charge on any atom is 0.226 e. The molecule has 3 rings (SSSR count). The fourth-order valence-electron chi connectivity index (χ4n) is 2.18. The fraction of sp³-hybridized carbons (Fsp3) is 0.267. The van der Waals surface area contributed by atoms with Crippen molar-refractivity contribution in [1.82, 2.24) is 19.7 Å². The molecule has 0 atom stereocenters. The highest BCUT2D eigenvalue weighted by Gasteiger charge is 2.11. The fourth-order valence-corrected chi connectivity index (χ4v) is 2.18. The van der Waals surface area contributed by atoms with Crippen LogP contribution in [0.1, 0.15) is 0 Å². The Hall–Kier alpha value is -2.87. The number of benzene rings is 1. The molecule has 0 bridgehead atoms. The van der Waals surface area contributed by atoms with Crippen molar-refractivity contribution in [2.75, 3.05) is 30.9 Å². The van der Waals surface area contributed by atoms with E-state index >= 15 is 0 Å². The van der Waals surface area contributed by atoms with Crippen LogP contribution in [0.25, 0.3) is 11.0 Å². The Kier molecular flexibility index (Phi) is 4.24. The molecule has 8 nitrogen and oxygen atoms in total. The summed E-state index contributed by atoms with van der Waals surface area (Å²) in [4.78, 5) is 8.87. The van der Waals surface area contributed by atoms with Crippen LogP contribution in [0.4, 0.5) is 17.5 Å². The molecule has 2 heterocycles. The number of anilines is 3. The molecule has 0 saturated heterocycles. The smallest absolute Gasteiger partial charge is 0.226 e. The molecule has 0 saturated carbocycles. The third-order valence-corrected chi connectivity index (χ3v) is 3.34. The van der Waals surface area contributed by atoms with Crippen LogP contribution >= 0.6 is 0 Å². The molecule has 0 fully saturated rings. The van der Waals surface area contributed by atoms with Crippen molar-refractivity contribution in [2.45, 2.75) is 0 Å². The number of nitrogens with one attached hydrogen (secondary N) is 2. The molecule has 0 spiro atoms. The van der Waals surface area contributed by atoms with Crippen molar-refractivity contribution in [3.8, 4) is 5.75 Å². The van der Waals surface area contributed by atoms with Crippen molar-refractivity contribution in [3.63, 3.8) is 0 Å². The number of aryl methyl sites for hydroxylation is 1. The summed E-state index contributed by atoms with van der Waals surface area (Å²) in [5.41, 5.74) is 1.58.